The standard InChI is InChI=1S/C16H22N2O3/c1-16(7-4-8-17-10-16)11-18-15(19)14-9-20-12-5-2-3-6-13(12)21-14/h2-3,5-6,14,17H,4,7-11H2,1H3,(H,18,19). The molecule has 2 N–H and O–H groups in total. The summed E-state index contributed by atoms with van der Waals surface area (Å²) >= 11 is 0. The fourth-order valence-electron chi connectivity index (χ4n) is 2.83. The van der Waals surface area contributed by atoms with Gasteiger partial charge in [-0.05, 0) is 36.9 Å². The van der Waals surface area contributed by atoms with Gasteiger partial charge in [-0.25, -0.2) is 0 Å². The first-order chi connectivity index (χ1) is 10.2. The van der Waals surface area contributed by atoms with Crippen LogP contribution in [0.2, 0.25) is 0 Å². The van der Waals surface area contributed by atoms with Crippen LogP contribution in [0, 0.1) is 5.41 Å². The van der Waals surface area contributed by atoms with E-state index in [0.29, 0.717) is 18.0 Å². The topological polar surface area (TPSA) is 59.6 Å². The lowest BCUT2D eigenvalue weighted by Gasteiger charge is -2.35. The second kappa shape index (κ2) is 5.93. The van der Waals surface area contributed by atoms with Crippen LogP contribution in [0.5, 0.6) is 11.5 Å². The summed E-state index contributed by atoms with van der Waals surface area (Å²) in [5, 5.41) is 6.39. The molecule has 2 aliphatic rings. The number of piperidine rings is 1. The molecule has 0 aromatic heterocycles. The van der Waals surface area contributed by atoms with E-state index in [1.807, 2.05) is 24.3 Å². The van der Waals surface area contributed by atoms with Crippen LogP contribution in [0.4, 0.5) is 0 Å². The number of para-hydroxylation sites is 2. The van der Waals surface area contributed by atoms with Gasteiger partial charge in [0.2, 0.25) is 6.10 Å². The Hall–Kier alpha value is -1.75. The molecule has 21 heavy (non-hydrogen) atoms. The van der Waals surface area contributed by atoms with Crippen molar-refractivity contribution in [1.82, 2.24) is 10.6 Å². The predicted molar refractivity (Wildman–Crippen MR) is 79.6 cm³/mol. The van der Waals surface area contributed by atoms with E-state index in [9.17, 15) is 4.79 Å². The Kier molecular flexibility index (Phi) is 4.01. The Labute approximate surface area is 125 Å². The van der Waals surface area contributed by atoms with Gasteiger partial charge in [-0.2, -0.15) is 0 Å². The predicted octanol–water partition coefficient (Wildman–Crippen LogP) is 1.33. The van der Waals surface area contributed by atoms with Crippen molar-refractivity contribution in [1.29, 1.82) is 0 Å². The van der Waals surface area contributed by atoms with Crippen molar-refractivity contribution in [3.63, 3.8) is 0 Å². The van der Waals surface area contributed by atoms with Crippen molar-refractivity contribution in [3.05, 3.63) is 24.3 Å². The SMILES string of the molecule is CC1(CNC(=O)C2COc3ccccc3O2)CCCNC1. The highest BCUT2D eigenvalue weighted by atomic mass is 16.6. The van der Waals surface area contributed by atoms with E-state index in [1.165, 1.54) is 0 Å². The molecule has 0 radical (unpaired) electrons. The molecule has 0 saturated carbocycles. The first-order valence-corrected chi connectivity index (χ1v) is 7.53. The second-order valence-electron chi connectivity index (χ2n) is 6.17. The molecule has 1 amide bonds. The van der Waals surface area contributed by atoms with Crippen molar-refractivity contribution in [2.24, 2.45) is 5.41 Å². The Balaban J connectivity index is 1.55. The molecule has 0 aliphatic carbocycles. The van der Waals surface area contributed by atoms with E-state index < -0.39 is 6.10 Å². The van der Waals surface area contributed by atoms with E-state index in [4.69, 9.17) is 9.47 Å². The highest BCUT2D eigenvalue weighted by Crippen LogP contribution is 2.31. The Morgan fingerprint density at radius 2 is 2.24 bits per heavy atom. The molecule has 114 valence electrons. The minimum atomic E-state index is -0.569. The summed E-state index contributed by atoms with van der Waals surface area (Å²) < 4.78 is 11.3. The normalized spacial score (nSPS) is 28.0. The maximum Gasteiger partial charge on any atom is 0.264 e. The van der Waals surface area contributed by atoms with Gasteiger partial charge in [0.15, 0.2) is 11.5 Å². The average molecular weight is 290 g/mol. The number of benzene rings is 1. The van der Waals surface area contributed by atoms with Gasteiger partial charge in [-0.3, -0.25) is 4.79 Å². The van der Waals surface area contributed by atoms with Crippen LogP contribution >= 0.6 is 0 Å². The van der Waals surface area contributed by atoms with E-state index in [-0.39, 0.29) is 17.9 Å². The van der Waals surface area contributed by atoms with Gasteiger partial charge in [-0.1, -0.05) is 19.1 Å². The number of hydrogen-bond acceptors (Lipinski definition) is 4. The summed E-state index contributed by atoms with van der Waals surface area (Å²) in [6.45, 7) is 5.14. The van der Waals surface area contributed by atoms with Crippen molar-refractivity contribution >= 4 is 5.91 Å². The lowest BCUT2D eigenvalue weighted by Crippen LogP contribution is -2.50. The minimum Gasteiger partial charge on any atom is -0.485 e. The summed E-state index contributed by atoms with van der Waals surface area (Å²) in [4.78, 5) is 12.3. The summed E-state index contributed by atoms with van der Waals surface area (Å²) in [5.41, 5.74) is 0.126. The minimum absolute atomic E-state index is 0.101. The number of carbonyl (C=O) groups excluding carboxylic acids is 1. The van der Waals surface area contributed by atoms with Gasteiger partial charge in [0, 0.05) is 13.1 Å². The molecule has 2 unspecified atom stereocenters. The van der Waals surface area contributed by atoms with Crippen molar-refractivity contribution in [2.45, 2.75) is 25.9 Å². The number of carbonyl (C=O) groups is 1. The molecule has 1 aromatic carbocycles. The van der Waals surface area contributed by atoms with E-state index >= 15 is 0 Å². The maximum absolute atomic E-state index is 12.3. The summed E-state index contributed by atoms with van der Waals surface area (Å²) in [6.07, 6.45) is 1.72. The van der Waals surface area contributed by atoms with Gasteiger partial charge in [0.1, 0.15) is 6.61 Å². The largest absolute Gasteiger partial charge is 0.485 e. The molecule has 0 spiro atoms. The van der Waals surface area contributed by atoms with E-state index in [0.717, 1.165) is 25.9 Å². The van der Waals surface area contributed by atoms with Gasteiger partial charge in [-0.15, -0.1) is 0 Å². The van der Waals surface area contributed by atoms with Crippen molar-refractivity contribution in [2.75, 3.05) is 26.2 Å². The third-order valence-corrected chi connectivity index (χ3v) is 4.18. The number of ether oxygens (including phenoxy) is 2. The van der Waals surface area contributed by atoms with Crippen molar-refractivity contribution in [3.8, 4) is 11.5 Å². The average Bonchev–Trinajstić information content (AvgIpc) is 2.53. The molecule has 3 rings (SSSR count). The van der Waals surface area contributed by atoms with Crippen molar-refractivity contribution < 1.29 is 14.3 Å². The quantitative estimate of drug-likeness (QED) is 0.882. The molecule has 1 fully saturated rings. The van der Waals surface area contributed by atoms with Crippen LogP contribution in [0.25, 0.3) is 0 Å². The molecule has 2 atom stereocenters. The smallest absolute Gasteiger partial charge is 0.264 e. The number of nitrogens with one attached hydrogen (secondary N) is 2. The third-order valence-electron chi connectivity index (χ3n) is 4.18. The molecule has 5 nitrogen and oxygen atoms in total. The van der Waals surface area contributed by atoms with Gasteiger partial charge in [0.05, 0.1) is 0 Å². The fourth-order valence-corrected chi connectivity index (χ4v) is 2.83. The fraction of sp³-hybridized carbons (Fsp3) is 0.562. The van der Waals surface area contributed by atoms with Crippen LogP contribution in [0.1, 0.15) is 19.8 Å². The molecule has 2 aliphatic heterocycles. The van der Waals surface area contributed by atoms with Gasteiger partial charge >= 0.3 is 0 Å². The Bertz CT molecular complexity index is 512. The second-order valence-corrected chi connectivity index (χ2v) is 6.17. The monoisotopic (exact) mass is 290 g/mol. The highest BCUT2D eigenvalue weighted by Gasteiger charge is 2.31. The van der Waals surface area contributed by atoms with Crippen LogP contribution in [-0.2, 0) is 4.79 Å². The van der Waals surface area contributed by atoms with Crippen LogP contribution in [0.15, 0.2) is 24.3 Å². The summed E-state index contributed by atoms with van der Waals surface area (Å²) in [6, 6.07) is 7.43. The summed E-state index contributed by atoms with van der Waals surface area (Å²) in [5.74, 6) is 1.23. The zero-order valence-corrected chi connectivity index (χ0v) is 12.4. The number of rotatable bonds is 3. The lowest BCUT2D eigenvalue weighted by molar-refractivity contribution is -0.130. The van der Waals surface area contributed by atoms with Crippen LogP contribution in [0.3, 0.4) is 0 Å². The van der Waals surface area contributed by atoms with E-state index in [1.54, 1.807) is 0 Å². The molecule has 0 bridgehead atoms. The van der Waals surface area contributed by atoms with Gasteiger partial charge < -0.3 is 20.1 Å². The Morgan fingerprint density at radius 1 is 1.43 bits per heavy atom. The molecule has 2 heterocycles. The summed E-state index contributed by atoms with van der Waals surface area (Å²) in [7, 11) is 0. The number of hydrogen-bond donors (Lipinski definition) is 2. The molecule has 1 aromatic rings. The van der Waals surface area contributed by atoms with Crippen LogP contribution < -0.4 is 20.1 Å². The zero-order chi connectivity index (χ0) is 14.7. The Morgan fingerprint density at radius 3 is 3.00 bits per heavy atom. The lowest BCUT2D eigenvalue weighted by atomic mass is 9.83. The first kappa shape index (κ1) is 14.2. The maximum atomic E-state index is 12.3. The number of fused-ring (bicyclic) bond motifs is 1. The first-order valence-electron chi connectivity index (χ1n) is 7.53. The molecule has 1 saturated heterocycles. The molecular formula is C16H22N2O3. The van der Waals surface area contributed by atoms with Gasteiger partial charge in [0.25, 0.3) is 5.91 Å². The zero-order valence-electron chi connectivity index (χ0n) is 12.4. The van der Waals surface area contributed by atoms with E-state index in [2.05, 4.69) is 17.6 Å². The van der Waals surface area contributed by atoms with Crippen LogP contribution in [-0.4, -0.2) is 38.3 Å². The third kappa shape index (κ3) is 3.29. The highest BCUT2D eigenvalue weighted by molar-refractivity contribution is 5.81. The number of amides is 1. The molecular weight excluding hydrogens is 268 g/mol. The molecule has 5 heteroatoms.